The van der Waals surface area contributed by atoms with Crippen LogP contribution in [0.2, 0.25) is 0 Å². The molecule has 0 heterocycles. The van der Waals surface area contributed by atoms with Crippen molar-refractivity contribution in [1.29, 1.82) is 0 Å². The molecule has 60 heavy (non-hydrogen) atoms. The van der Waals surface area contributed by atoms with Crippen molar-refractivity contribution in [1.82, 2.24) is 5.32 Å². The first-order chi connectivity index (χ1) is 29.0. The van der Waals surface area contributed by atoms with Crippen molar-refractivity contribution in [2.75, 3.05) is 40.9 Å². The Morgan fingerprint density at radius 2 is 0.933 bits per heavy atom. The fourth-order valence-corrected chi connectivity index (χ4v) is 8.00. The summed E-state index contributed by atoms with van der Waals surface area (Å²) in [4.78, 5) is 25.4. The number of allylic oxidation sites excluding steroid dienone is 5. The molecule has 0 aliphatic heterocycles. The highest BCUT2D eigenvalue weighted by Crippen LogP contribution is 2.38. The monoisotopic (exact) mass is 867 g/mol. The van der Waals surface area contributed by atoms with E-state index in [0.29, 0.717) is 17.4 Å². The quantitative estimate of drug-likeness (QED) is 0.0273. The summed E-state index contributed by atoms with van der Waals surface area (Å²) in [6, 6.07) is -0.904. The number of aliphatic hydroxyl groups is 1. The van der Waals surface area contributed by atoms with E-state index in [1.807, 2.05) is 27.2 Å². The van der Waals surface area contributed by atoms with Crippen LogP contribution in [0.5, 0.6) is 0 Å². The standard InChI is InChI=1S/C51H99N2O6P/c1-6-8-10-12-14-16-18-20-22-24-25-26-27-29-31-33-35-37-39-41-43-45-51(55)52-49(48-59-60(56,57)58-47-46-53(3,4)5)50(54)44-42-40-38-36-34-32-30-28-23-21-19-17-15-13-11-9-7-2/h26-27,34,36,42,44,49-50,54H,6-25,28-33,35,37-41,43,45-48H2,1-5H3,(H-,52,55,56,57)/b27-26-,36-34+,44-42+. The summed E-state index contributed by atoms with van der Waals surface area (Å²) in [6.45, 7) is 4.64. The van der Waals surface area contributed by atoms with E-state index in [-0.39, 0.29) is 12.5 Å². The first-order valence-electron chi connectivity index (χ1n) is 25.4. The molecule has 0 aromatic rings. The number of rotatable bonds is 46. The van der Waals surface area contributed by atoms with Gasteiger partial charge in [0, 0.05) is 6.42 Å². The van der Waals surface area contributed by atoms with Crippen LogP contribution in [0.1, 0.15) is 232 Å². The maximum absolute atomic E-state index is 12.9. The van der Waals surface area contributed by atoms with Crippen LogP contribution in [0.15, 0.2) is 36.5 Å². The predicted molar refractivity (Wildman–Crippen MR) is 256 cm³/mol. The van der Waals surface area contributed by atoms with E-state index in [4.69, 9.17) is 9.05 Å². The van der Waals surface area contributed by atoms with Crippen LogP contribution >= 0.6 is 7.82 Å². The van der Waals surface area contributed by atoms with E-state index in [2.05, 4.69) is 43.5 Å². The Morgan fingerprint density at radius 3 is 1.35 bits per heavy atom. The SMILES string of the molecule is CCCCCCCCCCCC/C=C\CCCCCCCCCC(=O)NC(COP(=O)([O-])OCC[N+](C)(C)C)C(O)/C=C/CC/C=C/CCCCCCCCCCCCC. The number of phosphoric acid groups is 1. The van der Waals surface area contributed by atoms with Crippen LogP contribution in [0.25, 0.3) is 0 Å². The van der Waals surface area contributed by atoms with Crippen LogP contribution in [0, 0.1) is 0 Å². The second-order valence-corrected chi connectivity index (χ2v) is 19.9. The molecule has 9 heteroatoms. The second-order valence-electron chi connectivity index (χ2n) is 18.5. The summed E-state index contributed by atoms with van der Waals surface area (Å²) in [5.41, 5.74) is 0. The molecular weight excluding hydrogens is 768 g/mol. The van der Waals surface area contributed by atoms with Crippen molar-refractivity contribution in [2.24, 2.45) is 0 Å². The number of carbonyl (C=O) groups excluding carboxylic acids is 1. The highest BCUT2D eigenvalue weighted by atomic mass is 31.2. The molecule has 0 fully saturated rings. The zero-order valence-corrected chi connectivity index (χ0v) is 41.1. The molecule has 0 bridgehead atoms. The van der Waals surface area contributed by atoms with Crippen LogP contribution < -0.4 is 10.2 Å². The van der Waals surface area contributed by atoms with Gasteiger partial charge in [-0.1, -0.05) is 204 Å². The van der Waals surface area contributed by atoms with Crippen molar-refractivity contribution >= 4 is 13.7 Å². The zero-order valence-electron chi connectivity index (χ0n) is 40.2. The van der Waals surface area contributed by atoms with E-state index in [1.54, 1.807) is 6.08 Å². The minimum atomic E-state index is -4.60. The molecule has 0 aromatic carbocycles. The van der Waals surface area contributed by atoms with Crippen LogP contribution in [0.4, 0.5) is 0 Å². The summed E-state index contributed by atoms with van der Waals surface area (Å²) >= 11 is 0. The van der Waals surface area contributed by atoms with Gasteiger partial charge in [-0.3, -0.25) is 9.36 Å². The number of aliphatic hydroxyl groups excluding tert-OH is 1. The molecule has 354 valence electrons. The summed E-state index contributed by atoms with van der Waals surface area (Å²) in [5.74, 6) is -0.210. The average molecular weight is 867 g/mol. The molecule has 3 unspecified atom stereocenters. The molecule has 0 rings (SSSR count). The lowest BCUT2D eigenvalue weighted by Crippen LogP contribution is -2.45. The number of nitrogens with zero attached hydrogens (tertiary/aromatic N) is 1. The molecule has 0 saturated heterocycles. The third-order valence-electron chi connectivity index (χ3n) is 11.3. The molecule has 3 atom stereocenters. The molecule has 1 amide bonds. The number of likely N-dealkylation sites (N-methyl/N-ethyl adjacent to an activating group) is 1. The Balaban J connectivity index is 4.35. The van der Waals surface area contributed by atoms with Crippen molar-refractivity contribution in [3.05, 3.63) is 36.5 Å². The van der Waals surface area contributed by atoms with E-state index in [1.165, 1.54) is 173 Å². The Morgan fingerprint density at radius 1 is 0.567 bits per heavy atom. The molecule has 0 aliphatic rings. The first-order valence-corrected chi connectivity index (χ1v) is 26.8. The molecule has 0 radical (unpaired) electrons. The van der Waals surface area contributed by atoms with Gasteiger partial charge in [-0.2, -0.15) is 0 Å². The van der Waals surface area contributed by atoms with E-state index in [0.717, 1.165) is 38.5 Å². The van der Waals surface area contributed by atoms with Gasteiger partial charge in [-0.05, 0) is 57.8 Å². The van der Waals surface area contributed by atoms with Gasteiger partial charge in [-0.25, -0.2) is 0 Å². The lowest BCUT2D eigenvalue weighted by atomic mass is 10.1. The highest BCUT2D eigenvalue weighted by molar-refractivity contribution is 7.45. The van der Waals surface area contributed by atoms with Gasteiger partial charge < -0.3 is 28.8 Å². The number of amides is 1. The van der Waals surface area contributed by atoms with E-state index >= 15 is 0 Å². The largest absolute Gasteiger partial charge is 0.756 e. The lowest BCUT2D eigenvalue weighted by molar-refractivity contribution is -0.870. The van der Waals surface area contributed by atoms with E-state index < -0.39 is 26.6 Å². The second kappa shape index (κ2) is 43.0. The van der Waals surface area contributed by atoms with Crippen LogP contribution in [-0.2, 0) is 18.4 Å². The average Bonchev–Trinajstić information content (AvgIpc) is 3.20. The number of phosphoric ester groups is 1. The van der Waals surface area contributed by atoms with Gasteiger partial charge in [0.1, 0.15) is 13.2 Å². The van der Waals surface area contributed by atoms with Gasteiger partial charge >= 0.3 is 0 Å². The smallest absolute Gasteiger partial charge is 0.268 e. The molecule has 0 saturated carbocycles. The number of nitrogens with one attached hydrogen (secondary N) is 1. The van der Waals surface area contributed by atoms with Gasteiger partial charge in [0.25, 0.3) is 7.82 Å². The van der Waals surface area contributed by atoms with Gasteiger partial charge in [0.05, 0.1) is 39.9 Å². The minimum absolute atomic E-state index is 0.00689. The van der Waals surface area contributed by atoms with Gasteiger partial charge in [0.15, 0.2) is 0 Å². The maximum atomic E-state index is 12.9. The molecule has 0 spiro atoms. The third-order valence-corrected chi connectivity index (χ3v) is 12.3. The molecular formula is C51H99N2O6P. The molecule has 0 aromatic heterocycles. The minimum Gasteiger partial charge on any atom is -0.756 e. The number of carbonyl (C=O) groups is 1. The fourth-order valence-electron chi connectivity index (χ4n) is 7.28. The van der Waals surface area contributed by atoms with Gasteiger partial charge in [-0.15, -0.1) is 0 Å². The molecule has 0 aliphatic carbocycles. The van der Waals surface area contributed by atoms with Crippen molar-refractivity contribution in [3.63, 3.8) is 0 Å². The summed E-state index contributed by atoms with van der Waals surface area (Å²) in [6.07, 6.45) is 53.4. The van der Waals surface area contributed by atoms with Crippen molar-refractivity contribution in [3.8, 4) is 0 Å². The Bertz CT molecular complexity index is 1070. The third kappa shape index (κ3) is 44.8. The van der Waals surface area contributed by atoms with E-state index in [9.17, 15) is 19.4 Å². The number of hydrogen-bond donors (Lipinski definition) is 2. The lowest BCUT2D eigenvalue weighted by Gasteiger charge is -2.29. The highest BCUT2D eigenvalue weighted by Gasteiger charge is 2.23. The summed E-state index contributed by atoms with van der Waals surface area (Å²) < 4.78 is 23.2. The van der Waals surface area contributed by atoms with Gasteiger partial charge in [0.2, 0.25) is 5.91 Å². The summed E-state index contributed by atoms with van der Waals surface area (Å²) in [5, 5.41) is 13.8. The van der Waals surface area contributed by atoms with Crippen molar-refractivity contribution < 1.29 is 32.9 Å². The Kier molecular flexibility index (Phi) is 42.1. The predicted octanol–water partition coefficient (Wildman–Crippen LogP) is 14.0. The topological polar surface area (TPSA) is 108 Å². The number of quaternary nitrogens is 1. The molecule has 2 N–H and O–H groups in total. The normalized spacial score (nSPS) is 14.4. The van der Waals surface area contributed by atoms with Crippen LogP contribution in [-0.4, -0.2) is 68.5 Å². The first kappa shape index (κ1) is 58.7. The van der Waals surface area contributed by atoms with Crippen LogP contribution in [0.3, 0.4) is 0 Å². The Labute approximate surface area is 372 Å². The molecule has 8 nitrogen and oxygen atoms in total. The fraction of sp³-hybridized carbons (Fsp3) is 0.863. The number of hydrogen-bond acceptors (Lipinski definition) is 6. The number of unbranched alkanes of at least 4 members (excludes halogenated alkanes) is 29. The maximum Gasteiger partial charge on any atom is 0.268 e. The Hall–Kier alpha value is -1.28. The zero-order chi connectivity index (χ0) is 44.3. The van der Waals surface area contributed by atoms with Crippen molar-refractivity contribution in [2.45, 2.75) is 244 Å². The summed E-state index contributed by atoms with van der Waals surface area (Å²) in [7, 11) is 1.24.